The van der Waals surface area contributed by atoms with E-state index in [0.717, 1.165) is 17.9 Å². The number of rotatable bonds is 6. The molecule has 0 aliphatic rings. The molecule has 0 saturated carbocycles. The van der Waals surface area contributed by atoms with Crippen LogP contribution in [-0.2, 0) is 13.1 Å². The highest BCUT2D eigenvalue weighted by Crippen LogP contribution is 2.05. The monoisotopic (exact) mass is 262 g/mol. The minimum atomic E-state index is 0.385. The summed E-state index contributed by atoms with van der Waals surface area (Å²) in [5.74, 6) is 0. The van der Waals surface area contributed by atoms with Gasteiger partial charge in [-0.3, -0.25) is 4.68 Å². The van der Waals surface area contributed by atoms with Gasteiger partial charge in [0.2, 0.25) is 0 Å². The molecule has 0 aliphatic heterocycles. The van der Waals surface area contributed by atoms with Crippen molar-refractivity contribution in [2.24, 2.45) is 0 Å². The summed E-state index contributed by atoms with van der Waals surface area (Å²) in [6, 6.07) is 2.86. The van der Waals surface area contributed by atoms with Gasteiger partial charge in [0.05, 0.1) is 24.1 Å². The van der Waals surface area contributed by atoms with Gasteiger partial charge in [0.1, 0.15) is 0 Å². The van der Waals surface area contributed by atoms with Crippen molar-refractivity contribution in [3.8, 4) is 0 Å². The van der Waals surface area contributed by atoms with E-state index in [-0.39, 0.29) is 0 Å². The van der Waals surface area contributed by atoms with Crippen LogP contribution in [0.2, 0.25) is 0 Å². The van der Waals surface area contributed by atoms with Crippen LogP contribution in [0.3, 0.4) is 0 Å². The molecule has 0 aromatic carbocycles. The lowest BCUT2D eigenvalue weighted by Gasteiger charge is -2.04. The number of hydrogen-bond acceptors (Lipinski definition) is 4. The molecule has 2 rings (SSSR count). The average molecular weight is 262 g/mol. The number of nitrogens with zero attached hydrogens (tertiary/aromatic N) is 5. The highest BCUT2D eigenvalue weighted by molar-refractivity contribution is 5.01. The highest BCUT2D eigenvalue weighted by atomic mass is 15.4. The lowest BCUT2D eigenvalue weighted by molar-refractivity contribution is 0.519. The Morgan fingerprint density at radius 1 is 1.21 bits per heavy atom. The third-order valence-corrected chi connectivity index (χ3v) is 2.79. The molecule has 1 N–H and O–H groups in total. The lowest BCUT2D eigenvalue weighted by Crippen LogP contribution is -2.21. The molecular weight excluding hydrogens is 240 g/mol. The Labute approximate surface area is 113 Å². The summed E-state index contributed by atoms with van der Waals surface area (Å²) < 4.78 is 3.78. The molecule has 104 valence electrons. The molecule has 6 heteroatoms. The molecular formula is C13H22N6. The van der Waals surface area contributed by atoms with Crippen molar-refractivity contribution >= 4 is 0 Å². The summed E-state index contributed by atoms with van der Waals surface area (Å²) >= 11 is 0. The molecule has 2 heterocycles. The first-order valence-electron chi connectivity index (χ1n) is 6.71. The van der Waals surface area contributed by atoms with Crippen LogP contribution < -0.4 is 5.32 Å². The number of nitrogens with one attached hydrogen (secondary N) is 1. The van der Waals surface area contributed by atoms with E-state index in [4.69, 9.17) is 0 Å². The van der Waals surface area contributed by atoms with E-state index in [1.807, 2.05) is 27.8 Å². The molecule has 6 nitrogen and oxygen atoms in total. The third-order valence-electron chi connectivity index (χ3n) is 2.79. The van der Waals surface area contributed by atoms with Crippen molar-refractivity contribution < 1.29 is 0 Å². The zero-order chi connectivity index (χ0) is 13.8. The Morgan fingerprint density at radius 2 is 2.00 bits per heavy atom. The molecule has 0 saturated heterocycles. The van der Waals surface area contributed by atoms with Crippen molar-refractivity contribution in [3.63, 3.8) is 0 Å². The topological polar surface area (TPSA) is 60.6 Å². The Bertz CT molecular complexity index is 511. The Balaban J connectivity index is 1.95. The summed E-state index contributed by atoms with van der Waals surface area (Å²) in [6.45, 7) is 9.86. The fraction of sp³-hybridized carbons (Fsp3) is 0.615. The molecule has 0 atom stereocenters. The van der Waals surface area contributed by atoms with E-state index < -0.39 is 0 Å². The summed E-state index contributed by atoms with van der Waals surface area (Å²) in [5, 5.41) is 16.1. The van der Waals surface area contributed by atoms with Gasteiger partial charge >= 0.3 is 0 Å². The van der Waals surface area contributed by atoms with Gasteiger partial charge in [-0.25, -0.2) is 4.68 Å². The summed E-state index contributed by atoms with van der Waals surface area (Å²) in [4.78, 5) is 0. The van der Waals surface area contributed by atoms with Crippen molar-refractivity contribution in [1.29, 1.82) is 0 Å². The van der Waals surface area contributed by atoms with E-state index in [1.165, 1.54) is 0 Å². The fourth-order valence-corrected chi connectivity index (χ4v) is 1.72. The lowest BCUT2D eigenvalue weighted by atomic mass is 10.3. The maximum atomic E-state index is 4.50. The first-order valence-corrected chi connectivity index (χ1v) is 6.71. The molecule has 0 bridgehead atoms. The van der Waals surface area contributed by atoms with E-state index in [2.05, 4.69) is 48.4 Å². The summed E-state index contributed by atoms with van der Waals surface area (Å²) in [5.41, 5.74) is 1.96. The largest absolute Gasteiger partial charge is 0.309 e. The molecule has 19 heavy (non-hydrogen) atoms. The predicted octanol–water partition coefficient (Wildman–Crippen LogP) is 1.60. The Morgan fingerprint density at radius 3 is 2.63 bits per heavy atom. The van der Waals surface area contributed by atoms with Gasteiger partial charge in [0, 0.05) is 24.8 Å². The SMILES string of the molecule is CC(C)NCc1cn(Cc2ccn(C(C)C)n2)nn1. The van der Waals surface area contributed by atoms with Crippen molar-refractivity contribution in [2.45, 2.75) is 52.9 Å². The Kier molecular flexibility index (Phi) is 4.31. The maximum absolute atomic E-state index is 4.50. The van der Waals surface area contributed by atoms with Gasteiger partial charge < -0.3 is 5.32 Å². The van der Waals surface area contributed by atoms with Crippen molar-refractivity contribution in [3.05, 3.63) is 29.8 Å². The fourth-order valence-electron chi connectivity index (χ4n) is 1.72. The van der Waals surface area contributed by atoms with Crippen LogP contribution in [0, 0.1) is 0 Å². The normalized spacial score (nSPS) is 11.7. The van der Waals surface area contributed by atoms with Gasteiger partial charge in [0.15, 0.2) is 0 Å². The van der Waals surface area contributed by atoms with Crippen molar-refractivity contribution in [2.75, 3.05) is 0 Å². The third kappa shape index (κ3) is 3.89. The van der Waals surface area contributed by atoms with Crippen LogP contribution >= 0.6 is 0 Å². The minimum absolute atomic E-state index is 0.385. The predicted molar refractivity (Wildman–Crippen MR) is 73.7 cm³/mol. The van der Waals surface area contributed by atoms with Gasteiger partial charge in [-0.1, -0.05) is 19.1 Å². The molecule has 0 radical (unpaired) electrons. The first-order chi connectivity index (χ1) is 9.04. The molecule has 0 fully saturated rings. The van der Waals surface area contributed by atoms with Gasteiger partial charge in [-0.2, -0.15) is 5.10 Å². The van der Waals surface area contributed by atoms with Crippen LogP contribution in [0.25, 0.3) is 0 Å². The zero-order valence-electron chi connectivity index (χ0n) is 12.0. The molecule has 0 amide bonds. The van der Waals surface area contributed by atoms with Gasteiger partial charge in [-0.05, 0) is 19.9 Å². The molecule has 0 spiro atoms. The maximum Gasteiger partial charge on any atom is 0.0965 e. The zero-order valence-corrected chi connectivity index (χ0v) is 12.0. The minimum Gasteiger partial charge on any atom is -0.309 e. The van der Waals surface area contributed by atoms with E-state index in [1.54, 1.807) is 0 Å². The highest BCUT2D eigenvalue weighted by Gasteiger charge is 2.05. The quantitative estimate of drug-likeness (QED) is 0.859. The van der Waals surface area contributed by atoms with E-state index in [0.29, 0.717) is 18.6 Å². The molecule has 0 unspecified atom stereocenters. The van der Waals surface area contributed by atoms with Crippen LogP contribution in [0.1, 0.15) is 45.1 Å². The molecule has 0 aliphatic carbocycles. The second-order valence-electron chi connectivity index (χ2n) is 5.32. The Hall–Kier alpha value is -1.69. The van der Waals surface area contributed by atoms with Crippen LogP contribution in [-0.4, -0.2) is 30.8 Å². The van der Waals surface area contributed by atoms with Crippen LogP contribution in [0.15, 0.2) is 18.5 Å². The standard InChI is InChI=1S/C13H22N6/c1-10(2)14-7-13-9-18(17-15-13)8-12-5-6-19(16-12)11(3)4/h5-6,9-11,14H,7-8H2,1-4H3. The first kappa shape index (κ1) is 13.7. The summed E-state index contributed by atoms with van der Waals surface area (Å²) in [6.07, 6.45) is 3.96. The molecule has 2 aromatic rings. The van der Waals surface area contributed by atoms with E-state index in [9.17, 15) is 0 Å². The molecule has 2 aromatic heterocycles. The van der Waals surface area contributed by atoms with Crippen molar-refractivity contribution in [1.82, 2.24) is 30.1 Å². The number of aromatic nitrogens is 5. The van der Waals surface area contributed by atoms with E-state index >= 15 is 0 Å². The van der Waals surface area contributed by atoms with Crippen LogP contribution in [0.5, 0.6) is 0 Å². The van der Waals surface area contributed by atoms with Gasteiger partial charge in [-0.15, -0.1) is 5.10 Å². The second kappa shape index (κ2) is 5.97. The van der Waals surface area contributed by atoms with Crippen LogP contribution in [0.4, 0.5) is 0 Å². The summed E-state index contributed by atoms with van der Waals surface area (Å²) in [7, 11) is 0. The number of hydrogen-bond donors (Lipinski definition) is 1. The smallest absolute Gasteiger partial charge is 0.0965 e. The second-order valence-corrected chi connectivity index (χ2v) is 5.32. The van der Waals surface area contributed by atoms with Gasteiger partial charge in [0.25, 0.3) is 0 Å². The average Bonchev–Trinajstić information content (AvgIpc) is 2.96.